The van der Waals surface area contributed by atoms with E-state index in [0.29, 0.717) is 0 Å². The number of hydrogen-bond acceptors (Lipinski definition) is 3. The monoisotopic (exact) mass is 208 g/mol. The predicted molar refractivity (Wildman–Crippen MR) is 43.4 cm³/mol. The average Bonchev–Trinajstić information content (AvgIpc) is 2.30. The quantitative estimate of drug-likeness (QED) is 0.779. The van der Waals surface area contributed by atoms with Gasteiger partial charge in [-0.1, -0.05) is 0 Å². The van der Waals surface area contributed by atoms with E-state index in [-0.39, 0.29) is 18.3 Å². The number of nitrogens with zero attached hydrogens (tertiary/aromatic N) is 3. The standard InChI is InChI=1S/C7H11F3N4/c1-4(11)3-5-12-6(7(8,9)10)13-14(5)2/h4H,3,11H2,1-2H3. The number of hydrogen-bond donors (Lipinski definition) is 1. The number of aryl methyl sites for hydroxylation is 1. The Morgan fingerprint density at radius 1 is 1.50 bits per heavy atom. The zero-order valence-corrected chi connectivity index (χ0v) is 7.84. The van der Waals surface area contributed by atoms with E-state index in [1.54, 1.807) is 6.92 Å². The number of nitrogens with two attached hydrogens (primary N) is 1. The molecule has 0 aromatic carbocycles. The lowest BCUT2D eigenvalue weighted by Crippen LogP contribution is -2.20. The number of aromatic nitrogens is 3. The molecule has 1 rings (SSSR count). The van der Waals surface area contributed by atoms with Gasteiger partial charge in [-0.15, -0.1) is 5.10 Å². The maximum atomic E-state index is 12.1. The normalized spacial score (nSPS) is 14.4. The third-order valence-corrected chi connectivity index (χ3v) is 1.61. The summed E-state index contributed by atoms with van der Waals surface area (Å²) >= 11 is 0. The van der Waals surface area contributed by atoms with Crippen LogP contribution < -0.4 is 5.73 Å². The van der Waals surface area contributed by atoms with Crippen LogP contribution in [0.3, 0.4) is 0 Å². The third kappa shape index (κ3) is 2.44. The van der Waals surface area contributed by atoms with Crippen LogP contribution >= 0.6 is 0 Å². The first-order valence-corrected chi connectivity index (χ1v) is 4.03. The first kappa shape index (κ1) is 11.0. The third-order valence-electron chi connectivity index (χ3n) is 1.61. The Labute approximate surface area is 78.9 Å². The van der Waals surface area contributed by atoms with Crippen LogP contribution in [0.2, 0.25) is 0 Å². The molecule has 1 atom stereocenters. The summed E-state index contributed by atoms with van der Waals surface area (Å²) in [6, 6.07) is -0.237. The highest BCUT2D eigenvalue weighted by Crippen LogP contribution is 2.26. The van der Waals surface area contributed by atoms with Crippen LogP contribution in [0.4, 0.5) is 13.2 Å². The fraction of sp³-hybridized carbons (Fsp3) is 0.714. The van der Waals surface area contributed by atoms with Crippen molar-refractivity contribution < 1.29 is 13.2 Å². The number of alkyl halides is 3. The lowest BCUT2D eigenvalue weighted by Gasteiger charge is -2.02. The fourth-order valence-electron chi connectivity index (χ4n) is 1.00. The van der Waals surface area contributed by atoms with Gasteiger partial charge in [0.25, 0.3) is 5.82 Å². The van der Waals surface area contributed by atoms with Gasteiger partial charge in [0.05, 0.1) is 0 Å². The summed E-state index contributed by atoms with van der Waals surface area (Å²) in [5.41, 5.74) is 5.45. The second kappa shape index (κ2) is 3.56. The van der Waals surface area contributed by atoms with Gasteiger partial charge < -0.3 is 5.73 Å². The molecule has 0 aliphatic carbocycles. The van der Waals surface area contributed by atoms with E-state index in [1.807, 2.05) is 0 Å². The van der Waals surface area contributed by atoms with Crippen LogP contribution in [0, 0.1) is 0 Å². The van der Waals surface area contributed by atoms with E-state index >= 15 is 0 Å². The molecule has 0 amide bonds. The van der Waals surface area contributed by atoms with Gasteiger partial charge in [-0.3, -0.25) is 4.68 Å². The SMILES string of the molecule is CC(N)Cc1nc(C(F)(F)F)nn1C. The van der Waals surface area contributed by atoms with E-state index in [1.165, 1.54) is 7.05 Å². The zero-order chi connectivity index (χ0) is 10.9. The molecule has 1 unspecified atom stereocenters. The van der Waals surface area contributed by atoms with Gasteiger partial charge in [0.1, 0.15) is 5.82 Å². The summed E-state index contributed by atoms with van der Waals surface area (Å²) in [5, 5.41) is 3.26. The van der Waals surface area contributed by atoms with Crippen molar-refractivity contribution in [1.82, 2.24) is 14.8 Å². The van der Waals surface area contributed by atoms with Crippen molar-refractivity contribution >= 4 is 0 Å². The van der Waals surface area contributed by atoms with E-state index < -0.39 is 12.0 Å². The van der Waals surface area contributed by atoms with Gasteiger partial charge in [-0.2, -0.15) is 13.2 Å². The first-order chi connectivity index (χ1) is 6.30. The summed E-state index contributed by atoms with van der Waals surface area (Å²) < 4.78 is 37.6. The van der Waals surface area contributed by atoms with Crippen LogP contribution in [0.25, 0.3) is 0 Å². The Balaban J connectivity index is 2.94. The molecule has 0 saturated carbocycles. The molecular formula is C7H11F3N4. The Morgan fingerprint density at radius 3 is 2.43 bits per heavy atom. The molecule has 7 heteroatoms. The van der Waals surface area contributed by atoms with Gasteiger partial charge in [-0.25, -0.2) is 4.98 Å². The molecule has 0 radical (unpaired) electrons. The van der Waals surface area contributed by atoms with Gasteiger partial charge in [0.15, 0.2) is 0 Å². The zero-order valence-electron chi connectivity index (χ0n) is 7.84. The van der Waals surface area contributed by atoms with Crippen molar-refractivity contribution in [3.8, 4) is 0 Å². The van der Waals surface area contributed by atoms with Crippen LogP contribution in [0.15, 0.2) is 0 Å². The van der Waals surface area contributed by atoms with E-state index in [4.69, 9.17) is 5.73 Å². The lowest BCUT2D eigenvalue weighted by molar-refractivity contribution is -0.145. The first-order valence-electron chi connectivity index (χ1n) is 4.03. The van der Waals surface area contributed by atoms with E-state index in [9.17, 15) is 13.2 Å². The molecule has 0 saturated heterocycles. The van der Waals surface area contributed by atoms with Gasteiger partial charge in [0, 0.05) is 19.5 Å². The smallest absolute Gasteiger partial charge is 0.328 e. The molecule has 1 heterocycles. The van der Waals surface area contributed by atoms with Crippen molar-refractivity contribution in [3.63, 3.8) is 0 Å². The molecule has 0 spiro atoms. The second-order valence-corrected chi connectivity index (χ2v) is 3.15. The Bertz CT molecular complexity index is 315. The Hall–Kier alpha value is -1.11. The average molecular weight is 208 g/mol. The highest BCUT2D eigenvalue weighted by molar-refractivity contribution is 4.97. The highest BCUT2D eigenvalue weighted by Gasteiger charge is 2.36. The molecule has 14 heavy (non-hydrogen) atoms. The minimum Gasteiger partial charge on any atom is -0.328 e. The summed E-state index contributed by atoms with van der Waals surface area (Å²) in [4.78, 5) is 3.37. The van der Waals surface area contributed by atoms with Crippen molar-refractivity contribution in [2.45, 2.75) is 25.6 Å². The molecule has 2 N–H and O–H groups in total. The molecule has 1 aromatic rings. The Kier molecular flexibility index (Phi) is 2.79. The molecule has 0 aliphatic rings. The fourth-order valence-corrected chi connectivity index (χ4v) is 1.00. The summed E-state index contributed by atoms with van der Waals surface area (Å²) in [7, 11) is 1.42. The summed E-state index contributed by atoms with van der Waals surface area (Å²) in [5.74, 6) is -0.872. The highest BCUT2D eigenvalue weighted by atomic mass is 19.4. The maximum Gasteiger partial charge on any atom is 0.453 e. The van der Waals surface area contributed by atoms with Gasteiger partial charge in [0.2, 0.25) is 0 Å². The molecule has 0 bridgehead atoms. The molecule has 4 nitrogen and oxygen atoms in total. The van der Waals surface area contributed by atoms with Crippen LogP contribution in [-0.2, 0) is 19.6 Å². The van der Waals surface area contributed by atoms with Gasteiger partial charge >= 0.3 is 6.18 Å². The number of rotatable bonds is 2. The lowest BCUT2D eigenvalue weighted by atomic mass is 10.2. The van der Waals surface area contributed by atoms with Crippen LogP contribution in [-0.4, -0.2) is 20.8 Å². The largest absolute Gasteiger partial charge is 0.453 e. The van der Waals surface area contributed by atoms with Gasteiger partial charge in [-0.05, 0) is 6.92 Å². The summed E-state index contributed by atoms with van der Waals surface area (Å²) in [6.45, 7) is 1.70. The molecule has 80 valence electrons. The molecular weight excluding hydrogens is 197 g/mol. The van der Waals surface area contributed by atoms with E-state index in [2.05, 4.69) is 10.1 Å². The maximum absolute atomic E-state index is 12.1. The minimum absolute atomic E-state index is 0.237. The second-order valence-electron chi connectivity index (χ2n) is 3.15. The van der Waals surface area contributed by atoms with Crippen molar-refractivity contribution in [2.24, 2.45) is 12.8 Å². The van der Waals surface area contributed by atoms with Crippen molar-refractivity contribution in [3.05, 3.63) is 11.6 Å². The minimum atomic E-state index is -4.49. The van der Waals surface area contributed by atoms with Crippen molar-refractivity contribution in [1.29, 1.82) is 0 Å². The topological polar surface area (TPSA) is 56.7 Å². The molecule has 1 aromatic heterocycles. The van der Waals surface area contributed by atoms with E-state index in [0.717, 1.165) is 4.68 Å². The predicted octanol–water partition coefficient (Wildman–Crippen LogP) is 0.724. The molecule has 0 aliphatic heterocycles. The van der Waals surface area contributed by atoms with Crippen molar-refractivity contribution in [2.75, 3.05) is 0 Å². The van der Waals surface area contributed by atoms with Crippen LogP contribution in [0.1, 0.15) is 18.6 Å². The molecule has 0 fully saturated rings. The number of halogens is 3. The Morgan fingerprint density at radius 2 is 2.07 bits per heavy atom. The summed E-state index contributed by atoms with van der Waals surface area (Å²) in [6.07, 6.45) is -4.21. The van der Waals surface area contributed by atoms with Crippen LogP contribution in [0.5, 0.6) is 0 Å².